The van der Waals surface area contributed by atoms with Crippen molar-refractivity contribution < 1.29 is 26.6 Å². The van der Waals surface area contributed by atoms with E-state index in [1.807, 2.05) is 13.8 Å². The summed E-state index contributed by atoms with van der Waals surface area (Å²) in [4.78, 5) is 0. The molecule has 0 aromatic rings. The van der Waals surface area contributed by atoms with Crippen molar-refractivity contribution in [2.45, 2.75) is 29.1 Å². The van der Waals surface area contributed by atoms with Crippen molar-refractivity contribution in [2.24, 2.45) is 4.66 Å². The quantitative estimate of drug-likeness (QED) is 0.270. The third-order valence-corrected chi connectivity index (χ3v) is 0. The molecule has 0 saturated heterocycles. The van der Waals surface area contributed by atoms with Gasteiger partial charge < -0.3 is 9.36 Å². The molecule has 1 atom stereocenters. The number of hydrogen-bond acceptors (Lipinski definition) is 2. The molecular weight excluding hydrogens is 314 g/mol. The van der Waals surface area contributed by atoms with E-state index in [2.05, 4.69) is 30.8 Å². The molecule has 77 valence electrons. The molecule has 0 N–H and O–H groups in total. The van der Waals surface area contributed by atoms with Gasteiger partial charge in [-0.15, -0.1) is 0 Å². The van der Waals surface area contributed by atoms with E-state index in [1.165, 1.54) is 0 Å². The van der Waals surface area contributed by atoms with Gasteiger partial charge in [0, 0.05) is 0 Å². The molecule has 1 unspecified atom stereocenters. The molecule has 0 aromatic heterocycles. The van der Waals surface area contributed by atoms with Gasteiger partial charge in [-0.2, -0.15) is 9.12 Å². The van der Waals surface area contributed by atoms with E-state index in [1.54, 1.807) is 0 Å². The van der Waals surface area contributed by atoms with Crippen LogP contribution < -0.4 is 23.6 Å². The van der Waals surface area contributed by atoms with E-state index in [4.69, 9.17) is 3.66 Å². The summed E-state index contributed by atoms with van der Waals surface area (Å²) in [5.41, 5.74) is 0. The average molecular weight is 336 g/mol. The van der Waals surface area contributed by atoms with Crippen molar-refractivity contribution in [2.75, 3.05) is 0 Å². The fraction of sp³-hybridized carbons (Fsp3) is 1.00. The Morgan fingerprint density at radius 3 is 1.62 bits per heavy atom. The number of rotatable bonds is 0. The van der Waals surface area contributed by atoms with Gasteiger partial charge >= 0.3 is 18.9 Å². The molecule has 0 saturated carbocycles. The van der Waals surface area contributed by atoms with E-state index >= 15 is 0 Å². The minimum absolute atomic E-state index is 0. The summed E-state index contributed by atoms with van der Waals surface area (Å²) < 4.78 is 17.3. The Morgan fingerprint density at radius 2 is 1.62 bits per heavy atom. The molecule has 0 bridgehead atoms. The second-order valence-corrected chi connectivity index (χ2v) is 1.39. The van der Waals surface area contributed by atoms with Crippen LogP contribution in [0.4, 0.5) is 0 Å². The molecular formula is C4H19B2FILiNOP2. The third-order valence-electron chi connectivity index (χ3n) is 0. The monoisotopic (exact) mass is 336 g/mol. The van der Waals surface area contributed by atoms with Gasteiger partial charge in [-0.25, -0.2) is 0 Å². The summed E-state index contributed by atoms with van der Waals surface area (Å²) in [5.74, 6) is 0. The normalized spacial score (nSPS) is 3.38. The van der Waals surface area contributed by atoms with Gasteiger partial charge in [-0.1, -0.05) is 29.1 Å². The second-order valence-electron chi connectivity index (χ2n) is 0.462. The van der Waals surface area contributed by atoms with E-state index in [0.29, 0.717) is 0 Å². The molecule has 0 aliphatic rings. The Balaban J connectivity index is -0.00000000545. The van der Waals surface area contributed by atoms with Gasteiger partial charge in [-0.3, -0.25) is 3.07 Å². The summed E-state index contributed by atoms with van der Waals surface area (Å²) in [6.07, 6.45) is 0. The van der Waals surface area contributed by atoms with Crippen LogP contribution in [0.2, 0.25) is 6.82 Å². The summed E-state index contributed by atoms with van der Waals surface area (Å²) in [6, 6.07) is 0. The van der Waals surface area contributed by atoms with E-state index in [0.717, 1.165) is 0 Å². The first-order chi connectivity index (χ1) is 4.24. The summed E-state index contributed by atoms with van der Waals surface area (Å²) in [6.45, 7) is 3.88. The molecule has 0 heterocycles. The van der Waals surface area contributed by atoms with E-state index < -0.39 is 22.4 Å². The smallest absolute Gasteiger partial charge is 1.00 e. The minimum atomic E-state index is -1.41. The zero-order chi connectivity index (χ0) is 8.12. The maximum absolute atomic E-state index is 8.71. The van der Waals surface area contributed by atoms with Gasteiger partial charge in [-0.05, 0) is 9.03 Å². The Morgan fingerprint density at radius 1 is 1.62 bits per heavy atom. The van der Waals surface area contributed by atoms with E-state index in [9.17, 15) is 0 Å². The Bertz CT molecular complexity index is 70.6. The van der Waals surface area contributed by atoms with Crippen LogP contribution in [-0.4, -0.2) is 15.6 Å². The first kappa shape index (κ1) is 46.5. The molecule has 0 amide bonds. The van der Waals surface area contributed by atoms with Crippen LogP contribution >= 0.6 is 40.5 Å². The Hall–Kier alpha value is 1.72. The number of halogens is 2. The molecule has 0 spiro atoms. The number of nitrogens with zero attached hydrogens (tertiary/aromatic N) is 1. The zero-order valence-corrected chi connectivity index (χ0v) is 10.2. The van der Waals surface area contributed by atoms with Gasteiger partial charge in [0.25, 0.3) is 7.98 Å². The van der Waals surface area contributed by atoms with Crippen molar-refractivity contribution in [1.29, 1.82) is 0.594 Å². The molecule has 2 nitrogen and oxygen atoms in total. The van der Waals surface area contributed by atoms with Crippen molar-refractivity contribution in [1.82, 2.24) is 0 Å². The first-order valence-corrected chi connectivity index (χ1v) is 3.54. The molecule has 3 radical (unpaired) electrons. The van der Waals surface area contributed by atoms with Crippen LogP contribution in [0.5, 0.6) is 0 Å². The zero-order valence-electron chi connectivity index (χ0n) is 6.84. The van der Waals surface area contributed by atoms with Crippen LogP contribution in [0.1, 0.15) is 22.3 Å². The molecule has 0 aliphatic heterocycles. The van der Waals surface area contributed by atoms with Crippen molar-refractivity contribution in [3.63, 3.8) is 0 Å². The van der Waals surface area contributed by atoms with Crippen LogP contribution in [0.15, 0.2) is 4.66 Å². The van der Waals surface area contributed by atoms with Gasteiger partial charge in [0.1, 0.15) is 30.0 Å². The standard InChI is InChI=1S/CH5BP.3CH4.BHNP.FH.HIO.Li/c1-2-3;;;;1-2-3;;1-2;/h3H2,1H3;3*1H4;3H;1H;1H;/q;;;;;;;+1/p-1/i;;;;;;1T;. The first-order valence-electron chi connectivity index (χ1n) is 1.92. The fourth-order valence-corrected chi connectivity index (χ4v) is 0. The fourth-order valence-electron chi connectivity index (χ4n) is 0. The van der Waals surface area contributed by atoms with Gasteiger partial charge in [0.05, 0.1) is 0 Å². The van der Waals surface area contributed by atoms with Crippen LogP contribution in [0.25, 0.3) is 0 Å². The maximum atomic E-state index is 8.71. The average Bonchev–Trinajstić information content (AvgIpc) is 1.70. The second kappa shape index (κ2) is 161. The van der Waals surface area contributed by atoms with E-state index in [-0.39, 0.29) is 45.8 Å². The summed E-state index contributed by atoms with van der Waals surface area (Å²) in [5, 5.41) is 0. The molecule has 0 rings (SSSR count). The van der Waals surface area contributed by atoms with Crippen LogP contribution in [0, 0.1) is 0 Å². The molecule has 13 heavy (non-hydrogen) atoms. The number of hydrogen-bond donors (Lipinski definition) is 0. The van der Waals surface area contributed by atoms with Gasteiger partial charge in [0.15, 0.2) is 0 Å². The van der Waals surface area contributed by atoms with Gasteiger partial charge in [0.2, 0.25) is 0 Å². The van der Waals surface area contributed by atoms with Crippen molar-refractivity contribution >= 4 is 55.5 Å². The third kappa shape index (κ3) is 639. The molecule has 0 aromatic carbocycles. The largest absolute Gasteiger partial charge is 1.00 e. The Labute approximate surface area is 116 Å². The summed E-state index contributed by atoms with van der Waals surface area (Å²) >= 11 is -1.41. The molecule has 9 heteroatoms. The minimum Gasteiger partial charge on any atom is -1.00 e. The summed E-state index contributed by atoms with van der Waals surface area (Å²) in [7, 11) is 9.43. The predicted octanol–water partition coefficient (Wildman–Crippen LogP) is -2.66. The van der Waals surface area contributed by atoms with Crippen molar-refractivity contribution in [3.8, 4) is 0 Å². The SMILES string of the molecule is C.C.C.C[B]P.[3H]I=O.[B]N=P.[F-].[Li+]. The molecule has 0 aliphatic carbocycles. The van der Waals surface area contributed by atoms with Crippen molar-refractivity contribution in [3.05, 3.63) is 0 Å². The Kier molecular flexibility index (Phi) is 574. The topological polar surface area (TPSA) is 29.4 Å². The van der Waals surface area contributed by atoms with Crippen LogP contribution in [-0.2, 0) is 3.07 Å². The maximum Gasteiger partial charge on any atom is 1.00 e. The predicted molar refractivity (Wildman–Crippen MR) is 74.1 cm³/mol. The molecule has 0 fully saturated rings. The van der Waals surface area contributed by atoms with Crippen LogP contribution in [0.3, 0.4) is 0 Å².